The molecule has 28 heavy (non-hydrogen) atoms. The second-order valence-electron chi connectivity index (χ2n) is 6.31. The summed E-state index contributed by atoms with van der Waals surface area (Å²) in [5.74, 6) is -1.46. The van der Waals surface area contributed by atoms with Crippen LogP contribution >= 0.6 is 0 Å². The third-order valence-electron chi connectivity index (χ3n) is 4.65. The van der Waals surface area contributed by atoms with E-state index in [1.165, 1.54) is 0 Å². The molecule has 0 atom stereocenters. The molecule has 3 rings (SSSR count). The minimum absolute atomic E-state index is 0.142. The number of benzene rings is 2. The Labute approximate surface area is 164 Å². The highest BCUT2D eigenvalue weighted by Crippen LogP contribution is 2.42. The predicted molar refractivity (Wildman–Crippen MR) is 105 cm³/mol. The summed E-state index contributed by atoms with van der Waals surface area (Å²) < 4.78 is 16.3. The first-order valence-corrected chi connectivity index (χ1v) is 9.48. The van der Waals surface area contributed by atoms with Gasteiger partial charge >= 0.3 is 11.9 Å². The van der Waals surface area contributed by atoms with Gasteiger partial charge in [0.1, 0.15) is 0 Å². The van der Waals surface area contributed by atoms with Crippen molar-refractivity contribution in [2.24, 2.45) is 0 Å². The Balaban J connectivity index is 2.29. The normalized spacial score (nSPS) is 15.1. The molecule has 0 aromatic heterocycles. The number of carbonyl (C=O) groups excluding carboxylic acids is 2. The summed E-state index contributed by atoms with van der Waals surface area (Å²) in [5, 5.41) is 0. The van der Waals surface area contributed by atoms with E-state index >= 15 is 0 Å². The first kappa shape index (κ1) is 19.8. The van der Waals surface area contributed by atoms with Gasteiger partial charge in [-0.3, -0.25) is 0 Å². The maximum atomic E-state index is 13.0. The third-order valence-corrected chi connectivity index (χ3v) is 4.65. The number of hydrogen-bond acceptors (Lipinski definition) is 5. The summed E-state index contributed by atoms with van der Waals surface area (Å²) in [4.78, 5) is 26.0. The molecule has 0 bridgehead atoms. The summed E-state index contributed by atoms with van der Waals surface area (Å²) >= 11 is 0. The topological polar surface area (TPSA) is 61.8 Å². The van der Waals surface area contributed by atoms with Gasteiger partial charge in [-0.15, -0.1) is 0 Å². The van der Waals surface area contributed by atoms with Gasteiger partial charge in [-0.25, -0.2) is 9.59 Å². The van der Waals surface area contributed by atoms with Crippen LogP contribution in [-0.4, -0.2) is 37.4 Å². The Hall–Kier alpha value is -2.92. The van der Waals surface area contributed by atoms with E-state index in [-0.39, 0.29) is 19.8 Å². The van der Waals surface area contributed by atoms with E-state index in [4.69, 9.17) is 14.2 Å². The molecule has 2 aromatic rings. The van der Waals surface area contributed by atoms with Gasteiger partial charge in [-0.05, 0) is 42.5 Å². The van der Waals surface area contributed by atoms with E-state index in [1.54, 1.807) is 13.8 Å². The SMILES string of the molecule is CCOC(=O)C1(C(=O)OCC)OCCC1=C(c1ccccc1)c1ccccc1. The fraction of sp³-hybridized carbons (Fsp3) is 0.304. The molecular weight excluding hydrogens is 356 g/mol. The van der Waals surface area contributed by atoms with E-state index in [2.05, 4.69) is 0 Å². The number of ether oxygens (including phenoxy) is 3. The van der Waals surface area contributed by atoms with Crippen molar-refractivity contribution in [3.8, 4) is 0 Å². The number of rotatable bonds is 6. The van der Waals surface area contributed by atoms with Crippen molar-refractivity contribution >= 4 is 17.5 Å². The van der Waals surface area contributed by atoms with E-state index in [0.29, 0.717) is 12.0 Å². The Morgan fingerprint density at radius 2 is 1.32 bits per heavy atom. The predicted octanol–water partition coefficient (Wildman–Crippen LogP) is 3.77. The van der Waals surface area contributed by atoms with Crippen LogP contribution in [0.15, 0.2) is 66.2 Å². The van der Waals surface area contributed by atoms with Crippen molar-refractivity contribution in [2.75, 3.05) is 19.8 Å². The van der Waals surface area contributed by atoms with Gasteiger partial charge in [0.25, 0.3) is 5.60 Å². The monoisotopic (exact) mass is 380 g/mol. The summed E-state index contributed by atoms with van der Waals surface area (Å²) in [6.45, 7) is 3.91. The maximum absolute atomic E-state index is 13.0. The molecule has 0 unspecified atom stereocenters. The minimum Gasteiger partial charge on any atom is -0.463 e. The van der Waals surface area contributed by atoms with Crippen molar-refractivity contribution in [1.82, 2.24) is 0 Å². The smallest absolute Gasteiger partial charge is 0.354 e. The van der Waals surface area contributed by atoms with E-state index in [1.807, 2.05) is 60.7 Å². The molecular formula is C23H24O5. The molecule has 5 nitrogen and oxygen atoms in total. The molecule has 0 radical (unpaired) electrons. The van der Waals surface area contributed by atoms with Crippen LogP contribution in [-0.2, 0) is 23.8 Å². The molecule has 2 aromatic carbocycles. The second kappa shape index (κ2) is 8.85. The zero-order chi connectivity index (χ0) is 20.0. The van der Waals surface area contributed by atoms with Gasteiger partial charge in [0.2, 0.25) is 0 Å². The highest BCUT2D eigenvalue weighted by molar-refractivity contribution is 6.10. The first-order valence-electron chi connectivity index (χ1n) is 9.48. The van der Waals surface area contributed by atoms with Gasteiger partial charge in [0.05, 0.1) is 19.8 Å². The van der Waals surface area contributed by atoms with Crippen molar-refractivity contribution in [3.05, 3.63) is 77.4 Å². The molecule has 0 amide bonds. The van der Waals surface area contributed by atoms with E-state index in [9.17, 15) is 9.59 Å². The summed E-state index contributed by atoms with van der Waals surface area (Å²) in [5.41, 5.74) is 1.27. The van der Waals surface area contributed by atoms with E-state index in [0.717, 1.165) is 16.7 Å². The number of esters is 2. The van der Waals surface area contributed by atoms with Crippen molar-refractivity contribution in [2.45, 2.75) is 25.9 Å². The van der Waals surface area contributed by atoms with Crippen molar-refractivity contribution in [3.63, 3.8) is 0 Å². The number of carbonyl (C=O) groups is 2. The molecule has 5 heteroatoms. The molecule has 1 heterocycles. The fourth-order valence-corrected chi connectivity index (χ4v) is 3.51. The van der Waals surface area contributed by atoms with Crippen LogP contribution in [0.4, 0.5) is 0 Å². The zero-order valence-corrected chi connectivity index (χ0v) is 16.1. The average Bonchev–Trinajstić information content (AvgIpc) is 3.16. The van der Waals surface area contributed by atoms with Crippen molar-refractivity contribution < 1.29 is 23.8 Å². The Morgan fingerprint density at radius 3 is 1.75 bits per heavy atom. The molecule has 0 spiro atoms. The lowest BCUT2D eigenvalue weighted by atomic mass is 9.83. The minimum atomic E-state index is -1.88. The highest BCUT2D eigenvalue weighted by atomic mass is 16.6. The first-order chi connectivity index (χ1) is 13.6. The largest absolute Gasteiger partial charge is 0.463 e. The van der Waals surface area contributed by atoms with Gasteiger partial charge < -0.3 is 14.2 Å². The lowest BCUT2D eigenvalue weighted by Crippen LogP contribution is -2.50. The standard InChI is InChI=1S/C23H24O5/c1-3-26-21(24)23(22(25)27-4-2)19(15-16-28-23)20(17-11-7-5-8-12-17)18-13-9-6-10-14-18/h5-14H,3-4,15-16H2,1-2H3. The Bertz CT molecular complexity index is 796. The quantitative estimate of drug-likeness (QED) is 0.564. The average molecular weight is 380 g/mol. The van der Waals surface area contributed by atoms with Gasteiger partial charge in [-0.1, -0.05) is 60.7 Å². The van der Waals surface area contributed by atoms with Crippen LogP contribution in [0.3, 0.4) is 0 Å². The van der Waals surface area contributed by atoms with Crippen LogP contribution in [0, 0.1) is 0 Å². The molecule has 1 fully saturated rings. The molecule has 1 saturated heterocycles. The summed E-state index contributed by atoms with van der Waals surface area (Å²) in [7, 11) is 0. The number of hydrogen-bond donors (Lipinski definition) is 0. The fourth-order valence-electron chi connectivity index (χ4n) is 3.51. The Kier molecular flexibility index (Phi) is 6.26. The molecule has 1 aliphatic rings. The molecule has 0 saturated carbocycles. The molecule has 146 valence electrons. The lowest BCUT2D eigenvalue weighted by molar-refractivity contribution is -0.180. The van der Waals surface area contributed by atoms with Crippen LogP contribution in [0.1, 0.15) is 31.4 Å². The summed E-state index contributed by atoms with van der Waals surface area (Å²) in [6.07, 6.45) is 0.427. The van der Waals surface area contributed by atoms with Crippen molar-refractivity contribution in [1.29, 1.82) is 0 Å². The zero-order valence-electron chi connectivity index (χ0n) is 16.1. The van der Waals surface area contributed by atoms with Crippen LogP contribution in [0.25, 0.3) is 5.57 Å². The molecule has 0 N–H and O–H groups in total. The van der Waals surface area contributed by atoms with Gasteiger partial charge in [0, 0.05) is 0 Å². The second-order valence-corrected chi connectivity index (χ2v) is 6.31. The van der Waals surface area contributed by atoms with E-state index < -0.39 is 17.5 Å². The molecule has 1 aliphatic heterocycles. The third kappa shape index (κ3) is 3.58. The van der Waals surface area contributed by atoms with Gasteiger partial charge in [0.15, 0.2) is 0 Å². The molecule has 0 aliphatic carbocycles. The van der Waals surface area contributed by atoms with Crippen LogP contribution < -0.4 is 0 Å². The van der Waals surface area contributed by atoms with Gasteiger partial charge in [-0.2, -0.15) is 0 Å². The summed E-state index contributed by atoms with van der Waals surface area (Å²) in [6, 6.07) is 19.3. The highest BCUT2D eigenvalue weighted by Gasteiger charge is 2.57. The van der Waals surface area contributed by atoms with Crippen LogP contribution in [0.5, 0.6) is 0 Å². The maximum Gasteiger partial charge on any atom is 0.354 e. The lowest BCUT2D eigenvalue weighted by Gasteiger charge is -2.27. The van der Waals surface area contributed by atoms with Crippen LogP contribution in [0.2, 0.25) is 0 Å². The Morgan fingerprint density at radius 1 is 0.857 bits per heavy atom.